The summed E-state index contributed by atoms with van der Waals surface area (Å²) in [6.07, 6.45) is 0. The first-order valence-electron chi connectivity index (χ1n) is 6.73. The van der Waals surface area contributed by atoms with Crippen LogP contribution in [0.3, 0.4) is 0 Å². The molecule has 124 valence electrons. The first-order chi connectivity index (χ1) is 10.2. The minimum absolute atomic E-state index is 0.0786. The number of sulfonamides is 1. The molecule has 0 aliphatic heterocycles. The molecular weight excluding hydrogens is 347 g/mol. The summed E-state index contributed by atoms with van der Waals surface area (Å²) in [5.74, 6) is 0.282. The molecule has 0 amide bonds. The third kappa shape index (κ3) is 6.83. The third-order valence-electron chi connectivity index (χ3n) is 2.77. The van der Waals surface area contributed by atoms with Crippen LogP contribution in [0.25, 0.3) is 0 Å². The van der Waals surface area contributed by atoms with Crippen LogP contribution in [0.4, 0.5) is 0 Å². The third-order valence-corrected chi connectivity index (χ3v) is 4.09. The van der Waals surface area contributed by atoms with Gasteiger partial charge in [0.2, 0.25) is 10.0 Å². The Morgan fingerprint density at radius 2 is 2.09 bits per heavy atom. The SMILES string of the molecule is CCNC(=NCCS(N)(=O)=O)NC(C)c1ccc(Cl)cc1Cl. The molecule has 1 rings (SSSR count). The Labute approximate surface area is 141 Å². The number of nitrogens with two attached hydrogens (primary N) is 1. The molecule has 0 aromatic heterocycles. The molecule has 22 heavy (non-hydrogen) atoms. The summed E-state index contributed by atoms with van der Waals surface area (Å²) in [4.78, 5) is 4.18. The highest BCUT2D eigenvalue weighted by atomic mass is 35.5. The van der Waals surface area contributed by atoms with E-state index in [2.05, 4.69) is 15.6 Å². The van der Waals surface area contributed by atoms with E-state index in [0.717, 1.165) is 5.56 Å². The van der Waals surface area contributed by atoms with Gasteiger partial charge in [0.05, 0.1) is 18.3 Å². The Hall–Kier alpha value is -1.02. The number of nitrogens with zero attached hydrogens (tertiary/aromatic N) is 1. The molecule has 0 heterocycles. The summed E-state index contributed by atoms with van der Waals surface area (Å²) in [5, 5.41) is 12.3. The first kappa shape index (κ1) is 19.0. The number of hydrogen-bond acceptors (Lipinski definition) is 3. The van der Waals surface area contributed by atoms with Crippen molar-refractivity contribution < 1.29 is 8.42 Å². The summed E-state index contributed by atoms with van der Waals surface area (Å²) in [6, 6.07) is 5.13. The van der Waals surface area contributed by atoms with E-state index in [1.165, 1.54) is 0 Å². The summed E-state index contributed by atoms with van der Waals surface area (Å²) >= 11 is 12.0. The van der Waals surface area contributed by atoms with Gasteiger partial charge in [-0.1, -0.05) is 29.3 Å². The molecule has 9 heteroatoms. The number of hydrogen-bond donors (Lipinski definition) is 3. The van der Waals surface area contributed by atoms with Crippen LogP contribution in [0.2, 0.25) is 10.0 Å². The molecule has 1 unspecified atom stereocenters. The summed E-state index contributed by atoms with van der Waals surface area (Å²) < 4.78 is 21.9. The predicted octanol–water partition coefficient (Wildman–Crippen LogP) is 1.90. The van der Waals surface area contributed by atoms with E-state index < -0.39 is 10.0 Å². The Bertz CT molecular complexity index is 635. The molecular formula is C13H20Cl2N4O2S. The van der Waals surface area contributed by atoms with E-state index in [4.69, 9.17) is 28.3 Å². The van der Waals surface area contributed by atoms with E-state index in [0.29, 0.717) is 22.5 Å². The minimum Gasteiger partial charge on any atom is -0.357 e. The molecule has 0 spiro atoms. The second kappa shape index (κ2) is 8.57. The van der Waals surface area contributed by atoms with Gasteiger partial charge in [-0.3, -0.25) is 4.99 Å². The maximum absolute atomic E-state index is 10.9. The van der Waals surface area contributed by atoms with Gasteiger partial charge < -0.3 is 10.6 Å². The first-order valence-corrected chi connectivity index (χ1v) is 9.20. The van der Waals surface area contributed by atoms with Crippen LogP contribution in [0.5, 0.6) is 0 Å². The lowest BCUT2D eigenvalue weighted by Gasteiger charge is -2.19. The van der Waals surface area contributed by atoms with Crippen molar-refractivity contribution in [2.75, 3.05) is 18.8 Å². The topological polar surface area (TPSA) is 96.6 Å². The predicted molar refractivity (Wildman–Crippen MR) is 92.0 cm³/mol. The van der Waals surface area contributed by atoms with Crippen LogP contribution in [0.1, 0.15) is 25.5 Å². The number of rotatable bonds is 6. The van der Waals surface area contributed by atoms with Gasteiger partial charge >= 0.3 is 0 Å². The largest absolute Gasteiger partial charge is 0.357 e. The molecule has 0 saturated carbocycles. The zero-order valence-electron chi connectivity index (χ0n) is 12.4. The van der Waals surface area contributed by atoms with Crippen LogP contribution < -0.4 is 15.8 Å². The van der Waals surface area contributed by atoms with Crippen LogP contribution in [-0.2, 0) is 10.0 Å². The zero-order valence-corrected chi connectivity index (χ0v) is 14.8. The minimum atomic E-state index is -3.53. The van der Waals surface area contributed by atoms with Crippen LogP contribution in [0.15, 0.2) is 23.2 Å². The number of halogens is 2. The van der Waals surface area contributed by atoms with Crippen LogP contribution in [-0.4, -0.2) is 33.2 Å². The second-order valence-corrected chi connectivity index (χ2v) is 7.24. The van der Waals surface area contributed by atoms with Crippen LogP contribution in [0, 0.1) is 0 Å². The van der Waals surface area contributed by atoms with Crippen molar-refractivity contribution in [3.63, 3.8) is 0 Å². The summed E-state index contributed by atoms with van der Waals surface area (Å²) in [7, 11) is -3.53. The van der Waals surface area contributed by atoms with Crippen molar-refractivity contribution in [3.8, 4) is 0 Å². The van der Waals surface area contributed by atoms with Gasteiger partial charge in [0.1, 0.15) is 0 Å². The number of aliphatic imine (C=N–C) groups is 1. The Morgan fingerprint density at radius 1 is 1.41 bits per heavy atom. The zero-order chi connectivity index (χ0) is 16.8. The molecule has 0 aliphatic rings. The highest BCUT2D eigenvalue weighted by Gasteiger charge is 2.12. The molecule has 1 aromatic carbocycles. The van der Waals surface area contributed by atoms with Gasteiger partial charge in [-0.15, -0.1) is 0 Å². The van der Waals surface area contributed by atoms with E-state index >= 15 is 0 Å². The van der Waals surface area contributed by atoms with Gasteiger partial charge in [0.25, 0.3) is 0 Å². The van der Waals surface area contributed by atoms with E-state index in [-0.39, 0.29) is 18.3 Å². The standard InChI is InChI=1S/C13H20Cl2N4O2S/c1-3-17-13(18-6-7-22(16,20)21)19-9(2)11-5-4-10(14)8-12(11)15/h4-5,8-9H,3,6-7H2,1-2H3,(H2,16,20,21)(H2,17,18,19). The number of primary sulfonamides is 1. The van der Waals surface area contributed by atoms with E-state index in [9.17, 15) is 8.42 Å². The van der Waals surface area contributed by atoms with Crippen LogP contribution >= 0.6 is 23.2 Å². The smallest absolute Gasteiger partial charge is 0.210 e. The van der Waals surface area contributed by atoms with Crippen molar-refractivity contribution in [2.24, 2.45) is 10.1 Å². The fourth-order valence-electron chi connectivity index (χ4n) is 1.74. The number of guanidine groups is 1. The maximum Gasteiger partial charge on any atom is 0.210 e. The lowest BCUT2D eigenvalue weighted by Crippen LogP contribution is -2.39. The summed E-state index contributed by atoms with van der Waals surface area (Å²) in [6.45, 7) is 4.55. The molecule has 0 bridgehead atoms. The van der Waals surface area contributed by atoms with Crippen molar-refractivity contribution in [1.29, 1.82) is 0 Å². The molecule has 6 nitrogen and oxygen atoms in total. The Kier molecular flexibility index (Phi) is 7.41. The molecule has 0 saturated heterocycles. The van der Waals surface area contributed by atoms with Gasteiger partial charge in [-0.2, -0.15) is 0 Å². The summed E-state index contributed by atoms with van der Waals surface area (Å²) in [5.41, 5.74) is 0.864. The van der Waals surface area contributed by atoms with Crippen molar-refractivity contribution in [2.45, 2.75) is 19.9 Å². The number of benzene rings is 1. The quantitative estimate of drug-likeness (QED) is 0.529. The van der Waals surface area contributed by atoms with Crippen molar-refractivity contribution >= 4 is 39.2 Å². The van der Waals surface area contributed by atoms with Gasteiger partial charge in [-0.05, 0) is 31.5 Å². The Morgan fingerprint density at radius 3 is 2.64 bits per heavy atom. The molecule has 0 aliphatic carbocycles. The fourth-order valence-corrected chi connectivity index (χ4v) is 2.66. The lowest BCUT2D eigenvalue weighted by molar-refractivity contribution is 0.597. The van der Waals surface area contributed by atoms with E-state index in [1.54, 1.807) is 12.1 Å². The monoisotopic (exact) mass is 366 g/mol. The molecule has 0 radical (unpaired) electrons. The second-order valence-electron chi connectivity index (χ2n) is 4.66. The highest BCUT2D eigenvalue weighted by Crippen LogP contribution is 2.25. The molecule has 1 atom stereocenters. The van der Waals surface area contributed by atoms with Gasteiger partial charge in [-0.25, -0.2) is 13.6 Å². The molecule has 0 fully saturated rings. The molecule has 4 N–H and O–H groups in total. The van der Waals surface area contributed by atoms with Crippen molar-refractivity contribution in [3.05, 3.63) is 33.8 Å². The van der Waals surface area contributed by atoms with Gasteiger partial charge in [0.15, 0.2) is 5.96 Å². The number of nitrogens with one attached hydrogen (secondary N) is 2. The average molecular weight is 367 g/mol. The van der Waals surface area contributed by atoms with Crippen molar-refractivity contribution in [1.82, 2.24) is 10.6 Å². The fraction of sp³-hybridized carbons (Fsp3) is 0.462. The normalized spacial score (nSPS) is 13.8. The highest BCUT2D eigenvalue weighted by molar-refractivity contribution is 7.89. The van der Waals surface area contributed by atoms with E-state index in [1.807, 2.05) is 19.9 Å². The van der Waals surface area contributed by atoms with Gasteiger partial charge in [0, 0.05) is 16.6 Å². The average Bonchev–Trinajstić information content (AvgIpc) is 2.37. The Balaban J connectivity index is 2.78. The lowest BCUT2D eigenvalue weighted by atomic mass is 10.1. The maximum atomic E-state index is 10.9. The molecule has 1 aromatic rings.